The summed E-state index contributed by atoms with van der Waals surface area (Å²) in [6, 6.07) is 6.50. The van der Waals surface area contributed by atoms with Crippen molar-refractivity contribution >= 4 is 5.91 Å². The fraction of sp³-hybridized carbons (Fsp3) is 0.500. The molecule has 1 N–H and O–H groups in total. The number of nitrogens with zero attached hydrogens (tertiary/aromatic N) is 1. The van der Waals surface area contributed by atoms with E-state index in [1.807, 2.05) is 6.92 Å². The maximum Gasteiger partial charge on any atom is 0.254 e. The Hall–Kier alpha value is -1.55. The molecule has 0 saturated carbocycles. The van der Waals surface area contributed by atoms with Gasteiger partial charge in [0.2, 0.25) is 0 Å². The molecule has 0 aliphatic rings. The van der Waals surface area contributed by atoms with Gasteiger partial charge in [-0.25, -0.2) is 0 Å². The molecule has 0 spiro atoms. The van der Waals surface area contributed by atoms with E-state index in [2.05, 4.69) is 6.92 Å². The van der Waals surface area contributed by atoms with Crippen LogP contribution in [0.25, 0.3) is 0 Å². The van der Waals surface area contributed by atoms with Gasteiger partial charge in [-0.15, -0.1) is 0 Å². The van der Waals surface area contributed by atoms with Gasteiger partial charge in [-0.3, -0.25) is 4.79 Å². The summed E-state index contributed by atoms with van der Waals surface area (Å²) in [5.41, 5.74) is 0.587. The monoisotopic (exact) mass is 251 g/mol. The van der Waals surface area contributed by atoms with E-state index < -0.39 is 0 Å². The van der Waals surface area contributed by atoms with Gasteiger partial charge in [0.25, 0.3) is 5.91 Å². The molecular formula is C14H21NO3. The van der Waals surface area contributed by atoms with E-state index in [-0.39, 0.29) is 17.7 Å². The van der Waals surface area contributed by atoms with Crippen LogP contribution in [-0.2, 0) is 4.74 Å². The number of rotatable bonds is 6. The highest BCUT2D eigenvalue weighted by molar-refractivity contribution is 5.94. The van der Waals surface area contributed by atoms with Crippen molar-refractivity contribution in [2.24, 2.45) is 0 Å². The number of hydrogen-bond donors (Lipinski definition) is 1. The number of aromatic hydroxyl groups is 1. The zero-order valence-corrected chi connectivity index (χ0v) is 11.2. The highest BCUT2D eigenvalue weighted by Crippen LogP contribution is 2.14. The second-order valence-corrected chi connectivity index (χ2v) is 4.30. The maximum atomic E-state index is 12.4. The molecule has 4 heteroatoms. The van der Waals surface area contributed by atoms with Crippen LogP contribution in [0.15, 0.2) is 24.3 Å². The number of phenolic OH excluding ortho intramolecular Hbond substituents is 1. The molecule has 1 unspecified atom stereocenters. The van der Waals surface area contributed by atoms with E-state index in [1.165, 1.54) is 12.1 Å². The van der Waals surface area contributed by atoms with Crippen LogP contribution in [0.2, 0.25) is 0 Å². The van der Waals surface area contributed by atoms with E-state index in [1.54, 1.807) is 24.1 Å². The van der Waals surface area contributed by atoms with Crippen LogP contribution in [0.3, 0.4) is 0 Å². The third-order valence-corrected chi connectivity index (χ3v) is 3.03. The number of phenols is 1. The first-order chi connectivity index (χ1) is 8.60. The third-order valence-electron chi connectivity index (χ3n) is 3.03. The maximum absolute atomic E-state index is 12.4. The Morgan fingerprint density at radius 1 is 1.39 bits per heavy atom. The highest BCUT2D eigenvalue weighted by Gasteiger charge is 2.19. The Morgan fingerprint density at radius 2 is 2.00 bits per heavy atom. The molecule has 0 aliphatic heterocycles. The van der Waals surface area contributed by atoms with Crippen molar-refractivity contribution in [3.05, 3.63) is 29.8 Å². The molecule has 0 fully saturated rings. The summed E-state index contributed by atoms with van der Waals surface area (Å²) >= 11 is 0. The van der Waals surface area contributed by atoms with Gasteiger partial charge in [0.15, 0.2) is 0 Å². The fourth-order valence-corrected chi connectivity index (χ4v) is 1.70. The number of carbonyl (C=O) groups excluding carboxylic acids is 1. The van der Waals surface area contributed by atoms with Crippen LogP contribution < -0.4 is 0 Å². The molecule has 0 aliphatic carbocycles. The molecular weight excluding hydrogens is 230 g/mol. The summed E-state index contributed by atoms with van der Waals surface area (Å²) in [5, 5.41) is 9.23. The Kier molecular flexibility index (Phi) is 5.65. The highest BCUT2D eigenvalue weighted by atomic mass is 16.5. The van der Waals surface area contributed by atoms with Crippen molar-refractivity contribution in [3.63, 3.8) is 0 Å². The lowest BCUT2D eigenvalue weighted by atomic mass is 10.1. The van der Waals surface area contributed by atoms with Crippen molar-refractivity contribution in [2.75, 3.05) is 20.3 Å². The number of hydrogen-bond acceptors (Lipinski definition) is 3. The molecule has 1 aromatic carbocycles. The summed E-state index contributed by atoms with van der Waals surface area (Å²) in [4.78, 5) is 14.2. The lowest BCUT2D eigenvalue weighted by Crippen LogP contribution is -2.40. The van der Waals surface area contributed by atoms with Crippen molar-refractivity contribution in [2.45, 2.75) is 26.3 Å². The standard InChI is InChI=1S/C14H21NO3/c1-4-11(2)15(9-10-18-3)14(17)12-5-7-13(16)8-6-12/h5-8,11,16H,4,9-10H2,1-3H3. The van der Waals surface area contributed by atoms with Crippen molar-refractivity contribution in [1.29, 1.82) is 0 Å². The smallest absolute Gasteiger partial charge is 0.254 e. The van der Waals surface area contributed by atoms with E-state index in [0.29, 0.717) is 18.7 Å². The summed E-state index contributed by atoms with van der Waals surface area (Å²) in [6.07, 6.45) is 0.896. The van der Waals surface area contributed by atoms with Gasteiger partial charge in [0.05, 0.1) is 6.61 Å². The van der Waals surface area contributed by atoms with Crippen LogP contribution in [0.1, 0.15) is 30.6 Å². The average molecular weight is 251 g/mol. The molecule has 1 rings (SSSR count). The summed E-state index contributed by atoms with van der Waals surface area (Å²) in [5.74, 6) is 0.139. The predicted molar refractivity (Wildman–Crippen MR) is 70.8 cm³/mol. The number of amides is 1. The zero-order valence-electron chi connectivity index (χ0n) is 11.2. The third kappa shape index (κ3) is 3.74. The SMILES string of the molecule is CCC(C)N(CCOC)C(=O)c1ccc(O)cc1. The van der Waals surface area contributed by atoms with Crippen LogP contribution in [0.4, 0.5) is 0 Å². The Labute approximate surface area is 108 Å². The van der Waals surface area contributed by atoms with Crippen molar-refractivity contribution in [3.8, 4) is 5.75 Å². The lowest BCUT2D eigenvalue weighted by Gasteiger charge is -2.28. The molecule has 1 atom stereocenters. The number of carbonyl (C=O) groups is 1. The lowest BCUT2D eigenvalue weighted by molar-refractivity contribution is 0.0614. The normalized spacial score (nSPS) is 12.2. The Bertz CT molecular complexity index is 375. The molecule has 1 aromatic rings. The molecule has 4 nitrogen and oxygen atoms in total. The van der Waals surface area contributed by atoms with Crippen LogP contribution in [0.5, 0.6) is 5.75 Å². The van der Waals surface area contributed by atoms with E-state index in [9.17, 15) is 9.90 Å². The number of benzene rings is 1. The zero-order chi connectivity index (χ0) is 13.5. The predicted octanol–water partition coefficient (Wildman–Crippen LogP) is 2.28. The average Bonchev–Trinajstić information content (AvgIpc) is 2.39. The van der Waals surface area contributed by atoms with E-state index in [0.717, 1.165) is 6.42 Å². The van der Waals surface area contributed by atoms with Gasteiger partial charge in [-0.2, -0.15) is 0 Å². The van der Waals surface area contributed by atoms with Gasteiger partial charge >= 0.3 is 0 Å². The Balaban J connectivity index is 2.83. The molecule has 1 amide bonds. The van der Waals surface area contributed by atoms with E-state index >= 15 is 0 Å². The molecule has 0 bridgehead atoms. The quantitative estimate of drug-likeness (QED) is 0.843. The number of methoxy groups -OCH3 is 1. The van der Waals surface area contributed by atoms with Gasteiger partial charge in [-0.05, 0) is 37.6 Å². The van der Waals surface area contributed by atoms with Crippen LogP contribution in [-0.4, -0.2) is 42.2 Å². The molecule has 0 aromatic heterocycles. The second-order valence-electron chi connectivity index (χ2n) is 4.30. The topological polar surface area (TPSA) is 49.8 Å². The first-order valence-corrected chi connectivity index (χ1v) is 6.19. The van der Waals surface area contributed by atoms with E-state index in [4.69, 9.17) is 4.74 Å². The van der Waals surface area contributed by atoms with Crippen molar-refractivity contribution in [1.82, 2.24) is 4.90 Å². The van der Waals surface area contributed by atoms with Gasteiger partial charge in [-0.1, -0.05) is 6.92 Å². The minimum absolute atomic E-state index is 0.0265. The van der Waals surface area contributed by atoms with Gasteiger partial charge in [0, 0.05) is 25.3 Å². The van der Waals surface area contributed by atoms with Crippen molar-refractivity contribution < 1.29 is 14.6 Å². The minimum atomic E-state index is -0.0265. The van der Waals surface area contributed by atoms with Crippen LogP contribution >= 0.6 is 0 Å². The molecule has 100 valence electrons. The molecule has 0 radical (unpaired) electrons. The Morgan fingerprint density at radius 3 is 2.50 bits per heavy atom. The minimum Gasteiger partial charge on any atom is -0.508 e. The number of ether oxygens (including phenoxy) is 1. The van der Waals surface area contributed by atoms with Crippen LogP contribution in [0, 0.1) is 0 Å². The molecule has 18 heavy (non-hydrogen) atoms. The summed E-state index contributed by atoms with van der Waals surface area (Å²) < 4.78 is 5.04. The molecule has 0 saturated heterocycles. The fourth-order valence-electron chi connectivity index (χ4n) is 1.70. The largest absolute Gasteiger partial charge is 0.508 e. The summed E-state index contributed by atoms with van der Waals surface area (Å²) in [7, 11) is 1.62. The first-order valence-electron chi connectivity index (χ1n) is 6.19. The summed E-state index contributed by atoms with van der Waals surface area (Å²) in [6.45, 7) is 5.17. The second kappa shape index (κ2) is 7.01. The van der Waals surface area contributed by atoms with Gasteiger partial charge < -0.3 is 14.7 Å². The van der Waals surface area contributed by atoms with Gasteiger partial charge in [0.1, 0.15) is 5.75 Å². The first kappa shape index (κ1) is 14.5. The molecule has 0 heterocycles.